The number of anilines is 2. The number of likely N-dealkylation sites (N-methyl/N-ethyl adjacent to an activating group) is 1. The predicted octanol–water partition coefficient (Wildman–Crippen LogP) is 2.63. The molecule has 2 heterocycles. The van der Waals surface area contributed by atoms with E-state index < -0.39 is 0 Å². The molecule has 1 aliphatic heterocycles. The first-order chi connectivity index (χ1) is 11.7. The van der Waals surface area contributed by atoms with Crippen molar-refractivity contribution in [2.75, 3.05) is 42.9 Å². The van der Waals surface area contributed by atoms with Crippen molar-refractivity contribution in [2.24, 2.45) is 0 Å². The van der Waals surface area contributed by atoms with E-state index in [4.69, 9.17) is 0 Å². The van der Waals surface area contributed by atoms with Crippen LogP contribution >= 0.6 is 15.9 Å². The molecule has 1 aromatic carbocycles. The summed E-state index contributed by atoms with van der Waals surface area (Å²) >= 11 is 3.37. The van der Waals surface area contributed by atoms with Crippen LogP contribution in [0.2, 0.25) is 0 Å². The average Bonchev–Trinajstić information content (AvgIpc) is 2.64. The van der Waals surface area contributed by atoms with Crippen LogP contribution in [0, 0.1) is 0 Å². The molecule has 1 fully saturated rings. The molecule has 7 heteroatoms. The number of piperazine rings is 1. The van der Waals surface area contributed by atoms with Gasteiger partial charge >= 0.3 is 0 Å². The van der Waals surface area contributed by atoms with Crippen molar-refractivity contribution in [3.8, 4) is 0 Å². The summed E-state index contributed by atoms with van der Waals surface area (Å²) in [4.78, 5) is 25.5. The molecular weight excluding hydrogens is 370 g/mol. The van der Waals surface area contributed by atoms with Crippen molar-refractivity contribution < 1.29 is 4.79 Å². The molecule has 2 aromatic rings. The first-order valence-electron chi connectivity index (χ1n) is 8.02. The van der Waals surface area contributed by atoms with Crippen LogP contribution in [-0.4, -0.2) is 53.5 Å². The molecule has 24 heavy (non-hydrogen) atoms. The third-order valence-corrected chi connectivity index (χ3v) is 4.63. The largest absolute Gasteiger partial charge is 0.338 e. The molecule has 1 amide bonds. The van der Waals surface area contributed by atoms with Crippen molar-refractivity contribution in [1.82, 2.24) is 14.9 Å². The Hall–Kier alpha value is -1.99. The van der Waals surface area contributed by atoms with Crippen LogP contribution in [-0.2, 0) is 0 Å². The first-order valence-corrected chi connectivity index (χ1v) is 8.81. The molecule has 0 saturated carbocycles. The zero-order valence-corrected chi connectivity index (χ0v) is 15.2. The van der Waals surface area contributed by atoms with Crippen LogP contribution in [0.3, 0.4) is 0 Å². The van der Waals surface area contributed by atoms with Gasteiger partial charge in [-0.3, -0.25) is 4.79 Å². The Kier molecular flexibility index (Phi) is 5.42. The van der Waals surface area contributed by atoms with E-state index in [2.05, 4.69) is 47.9 Å². The topological polar surface area (TPSA) is 61.4 Å². The van der Waals surface area contributed by atoms with E-state index >= 15 is 0 Å². The highest BCUT2D eigenvalue weighted by Gasteiger charge is 2.18. The molecule has 1 saturated heterocycles. The van der Waals surface area contributed by atoms with Crippen LogP contribution in [0.5, 0.6) is 0 Å². The van der Waals surface area contributed by atoms with Crippen molar-refractivity contribution in [2.45, 2.75) is 6.92 Å². The van der Waals surface area contributed by atoms with Gasteiger partial charge in [-0.15, -0.1) is 0 Å². The Morgan fingerprint density at radius 3 is 2.33 bits per heavy atom. The minimum atomic E-state index is -0.209. The second-order valence-electron chi connectivity index (χ2n) is 5.65. The minimum Gasteiger partial charge on any atom is -0.338 e. The Morgan fingerprint density at radius 1 is 1.12 bits per heavy atom. The summed E-state index contributed by atoms with van der Waals surface area (Å²) in [5.41, 5.74) is 1.19. The first kappa shape index (κ1) is 16.9. The zero-order chi connectivity index (χ0) is 16.9. The van der Waals surface area contributed by atoms with E-state index in [1.165, 1.54) is 0 Å². The average molecular weight is 390 g/mol. The van der Waals surface area contributed by atoms with Crippen LogP contribution < -0.4 is 10.2 Å². The number of aromatic nitrogens is 2. The van der Waals surface area contributed by atoms with Crippen LogP contribution in [0.25, 0.3) is 0 Å². The van der Waals surface area contributed by atoms with Crippen LogP contribution in [0.1, 0.15) is 17.3 Å². The van der Waals surface area contributed by atoms with E-state index in [1.807, 2.05) is 24.3 Å². The minimum absolute atomic E-state index is 0.209. The van der Waals surface area contributed by atoms with Crippen LogP contribution in [0.4, 0.5) is 11.6 Å². The maximum atomic E-state index is 12.2. The summed E-state index contributed by atoms with van der Waals surface area (Å²) in [5, 5.41) is 2.84. The van der Waals surface area contributed by atoms with E-state index in [-0.39, 0.29) is 5.91 Å². The van der Waals surface area contributed by atoms with Gasteiger partial charge in [0, 0.05) is 48.7 Å². The quantitative estimate of drug-likeness (QED) is 0.870. The molecule has 0 unspecified atom stereocenters. The van der Waals surface area contributed by atoms with E-state index in [9.17, 15) is 4.79 Å². The number of amides is 1. The molecule has 0 atom stereocenters. The second-order valence-corrected chi connectivity index (χ2v) is 6.57. The smallest absolute Gasteiger partial charge is 0.258 e. The standard InChI is InChI=1S/C17H20BrN5O/c1-2-22-7-9-23(10-8-22)17-19-11-13(12-20-17)16(24)21-15-5-3-14(18)4-6-15/h3-6,11-12H,2,7-10H2,1H3,(H,21,24). The van der Waals surface area contributed by atoms with Gasteiger partial charge in [0.15, 0.2) is 0 Å². The molecule has 0 aliphatic carbocycles. The third-order valence-electron chi connectivity index (χ3n) is 4.10. The molecule has 1 N–H and O–H groups in total. The van der Waals surface area contributed by atoms with Gasteiger partial charge in [0.1, 0.15) is 0 Å². The molecule has 126 valence electrons. The summed E-state index contributed by atoms with van der Waals surface area (Å²) in [6, 6.07) is 7.44. The highest BCUT2D eigenvalue weighted by atomic mass is 79.9. The number of halogens is 1. The SMILES string of the molecule is CCN1CCN(c2ncc(C(=O)Nc3ccc(Br)cc3)cn2)CC1. The number of rotatable bonds is 4. The molecule has 0 bridgehead atoms. The van der Waals surface area contributed by atoms with Crippen molar-refractivity contribution >= 4 is 33.5 Å². The van der Waals surface area contributed by atoms with E-state index in [0.29, 0.717) is 11.5 Å². The van der Waals surface area contributed by atoms with Crippen molar-refractivity contribution in [3.63, 3.8) is 0 Å². The van der Waals surface area contributed by atoms with Gasteiger partial charge in [-0.05, 0) is 30.8 Å². The molecule has 0 spiro atoms. The fourth-order valence-corrected chi connectivity index (χ4v) is 2.87. The van der Waals surface area contributed by atoms with Crippen molar-refractivity contribution in [1.29, 1.82) is 0 Å². The molecular formula is C17H20BrN5O. The summed E-state index contributed by atoms with van der Waals surface area (Å²) in [6.07, 6.45) is 3.17. The van der Waals surface area contributed by atoms with Gasteiger partial charge in [-0.25, -0.2) is 9.97 Å². The van der Waals surface area contributed by atoms with Gasteiger partial charge in [0.05, 0.1) is 5.56 Å². The second kappa shape index (κ2) is 7.72. The molecule has 0 radical (unpaired) electrons. The Bertz CT molecular complexity index is 681. The summed E-state index contributed by atoms with van der Waals surface area (Å²) in [6.45, 7) is 7.11. The maximum Gasteiger partial charge on any atom is 0.258 e. The Balaban J connectivity index is 1.61. The Labute approximate surface area is 150 Å². The van der Waals surface area contributed by atoms with Gasteiger partial charge in [-0.1, -0.05) is 22.9 Å². The normalized spacial score (nSPS) is 15.3. The fourth-order valence-electron chi connectivity index (χ4n) is 2.60. The third kappa shape index (κ3) is 4.10. The molecule has 6 nitrogen and oxygen atoms in total. The lowest BCUT2D eigenvalue weighted by atomic mass is 10.3. The van der Waals surface area contributed by atoms with Gasteiger partial charge in [-0.2, -0.15) is 0 Å². The van der Waals surface area contributed by atoms with Crippen LogP contribution in [0.15, 0.2) is 41.1 Å². The van der Waals surface area contributed by atoms with Gasteiger partial charge in [0.2, 0.25) is 5.95 Å². The lowest BCUT2D eigenvalue weighted by Gasteiger charge is -2.33. The number of carbonyl (C=O) groups excluding carboxylic acids is 1. The lowest BCUT2D eigenvalue weighted by molar-refractivity contribution is 0.102. The monoisotopic (exact) mass is 389 g/mol. The number of hydrogen-bond donors (Lipinski definition) is 1. The maximum absolute atomic E-state index is 12.2. The number of nitrogens with zero attached hydrogens (tertiary/aromatic N) is 4. The fraction of sp³-hybridized carbons (Fsp3) is 0.353. The highest BCUT2D eigenvalue weighted by Crippen LogP contribution is 2.15. The van der Waals surface area contributed by atoms with E-state index in [0.717, 1.165) is 42.9 Å². The molecule has 1 aliphatic rings. The van der Waals surface area contributed by atoms with Gasteiger partial charge < -0.3 is 15.1 Å². The zero-order valence-electron chi connectivity index (χ0n) is 13.6. The van der Waals surface area contributed by atoms with E-state index in [1.54, 1.807) is 12.4 Å². The van der Waals surface area contributed by atoms with Crippen molar-refractivity contribution in [3.05, 3.63) is 46.7 Å². The number of benzene rings is 1. The summed E-state index contributed by atoms with van der Waals surface area (Å²) < 4.78 is 0.969. The summed E-state index contributed by atoms with van der Waals surface area (Å²) in [7, 11) is 0. The van der Waals surface area contributed by atoms with Gasteiger partial charge in [0.25, 0.3) is 5.91 Å². The number of nitrogens with one attached hydrogen (secondary N) is 1. The molecule has 3 rings (SSSR count). The lowest BCUT2D eigenvalue weighted by Crippen LogP contribution is -2.46. The highest BCUT2D eigenvalue weighted by molar-refractivity contribution is 9.10. The molecule has 1 aromatic heterocycles. The number of carbonyl (C=O) groups is 1. The number of hydrogen-bond acceptors (Lipinski definition) is 5. The Morgan fingerprint density at radius 2 is 1.75 bits per heavy atom. The summed E-state index contributed by atoms with van der Waals surface area (Å²) in [5.74, 6) is 0.477. The predicted molar refractivity (Wildman–Crippen MR) is 98.5 cm³/mol.